The summed E-state index contributed by atoms with van der Waals surface area (Å²) in [6.07, 6.45) is 0.626. The van der Waals surface area contributed by atoms with Crippen LogP contribution in [0.15, 0.2) is 18.2 Å². The Balaban J connectivity index is 2.76. The number of carbonyl (C=O) groups is 1. The Kier molecular flexibility index (Phi) is 5.22. The summed E-state index contributed by atoms with van der Waals surface area (Å²) >= 11 is 0. The van der Waals surface area contributed by atoms with Gasteiger partial charge in [-0.3, -0.25) is 4.79 Å². The summed E-state index contributed by atoms with van der Waals surface area (Å²) in [6.45, 7) is 3.76. The predicted octanol–water partition coefficient (Wildman–Crippen LogP) is 2.13. The first kappa shape index (κ1) is 14.6. The molecule has 100 valence electrons. The molecule has 0 fully saturated rings. The lowest BCUT2D eigenvalue weighted by Crippen LogP contribution is -2.36. The monoisotopic (exact) mass is 256 g/mol. The van der Waals surface area contributed by atoms with Crippen molar-refractivity contribution >= 4 is 5.91 Å². The molecule has 1 aromatic rings. The third-order valence-electron chi connectivity index (χ3n) is 2.94. The van der Waals surface area contributed by atoms with Crippen molar-refractivity contribution in [3.63, 3.8) is 0 Å². The molecular weight excluding hydrogens is 238 g/mol. The Morgan fingerprint density at radius 1 is 1.44 bits per heavy atom. The summed E-state index contributed by atoms with van der Waals surface area (Å²) in [5, 5.41) is 2.68. The minimum absolute atomic E-state index is 0.212. The Bertz CT molecular complexity index is 419. The summed E-state index contributed by atoms with van der Waals surface area (Å²) in [5.41, 5.74) is 5.72. The molecule has 18 heavy (non-hydrogen) atoms. The van der Waals surface area contributed by atoms with Crippen LogP contribution in [-0.4, -0.2) is 12.5 Å². The van der Waals surface area contributed by atoms with Crippen LogP contribution in [0.3, 0.4) is 0 Å². The van der Waals surface area contributed by atoms with Crippen molar-refractivity contribution in [2.45, 2.75) is 26.3 Å². The first-order chi connectivity index (χ1) is 8.49. The van der Waals surface area contributed by atoms with Gasteiger partial charge >= 0.3 is 0 Å². The fourth-order valence-corrected chi connectivity index (χ4v) is 1.72. The second kappa shape index (κ2) is 6.44. The number of carbonyl (C=O) groups excluding carboxylic acids is 1. The molecule has 0 aliphatic rings. The van der Waals surface area contributed by atoms with E-state index in [9.17, 15) is 13.6 Å². The van der Waals surface area contributed by atoms with Crippen LogP contribution >= 0.6 is 0 Å². The van der Waals surface area contributed by atoms with E-state index in [4.69, 9.17) is 5.73 Å². The summed E-state index contributed by atoms with van der Waals surface area (Å²) in [7, 11) is 0. The zero-order valence-corrected chi connectivity index (χ0v) is 10.5. The summed E-state index contributed by atoms with van der Waals surface area (Å²) in [5.74, 6) is -1.79. The number of rotatable bonds is 5. The van der Waals surface area contributed by atoms with Gasteiger partial charge in [-0.15, -0.1) is 0 Å². The van der Waals surface area contributed by atoms with Gasteiger partial charge in [0.2, 0.25) is 5.91 Å². The smallest absolute Gasteiger partial charge is 0.224 e. The maximum absolute atomic E-state index is 13.5. The summed E-state index contributed by atoms with van der Waals surface area (Å²) in [6, 6.07) is 2.79. The second-order valence-corrected chi connectivity index (χ2v) is 4.24. The number of nitrogens with one attached hydrogen (secondary N) is 1. The molecule has 0 heterocycles. The topological polar surface area (TPSA) is 55.1 Å². The van der Waals surface area contributed by atoms with Crippen molar-refractivity contribution in [3.05, 3.63) is 35.4 Å². The van der Waals surface area contributed by atoms with Crippen LogP contribution in [0, 0.1) is 17.6 Å². The normalized spacial score (nSPS) is 14.1. The van der Waals surface area contributed by atoms with Crippen LogP contribution in [0.2, 0.25) is 0 Å². The molecule has 0 aliphatic heterocycles. The van der Waals surface area contributed by atoms with Gasteiger partial charge in [-0.1, -0.05) is 13.0 Å². The van der Waals surface area contributed by atoms with E-state index in [1.807, 2.05) is 6.92 Å². The van der Waals surface area contributed by atoms with E-state index in [1.54, 1.807) is 6.92 Å². The lowest BCUT2D eigenvalue weighted by atomic mass is 10.0. The van der Waals surface area contributed by atoms with Gasteiger partial charge in [0, 0.05) is 24.1 Å². The van der Waals surface area contributed by atoms with Gasteiger partial charge in [-0.2, -0.15) is 0 Å². The Hall–Kier alpha value is -1.49. The Morgan fingerprint density at radius 2 is 2.11 bits per heavy atom. The minimum Gasteiger partial charge on any atom is -0.349 e. The maximum atomic E-state index is 13.5. The molecule has 1 aromatic carbocycles. The lowest BCUT2D eigenvalue weighted by molar-refractivity contribution is -0.125. The Morgan fingerprint density at radius 3 is 2.61 bits per heavy atom. The molecule has 0 radical (unpaired) electrons. The highest BCUT2D eigenvalue weighted by molar-refractivity contribution is 5.79. The second-order valence-electron chi connectivity index (χ2n) is 4.24. The van der Waals surface area contributed by atoms with Gasteiger partial charge in [0.05, 0.1) is 6.04 Å². The maximum Gasteiger partial charge on any atom is 0.224 e. The van der Waals surface area contributed by atoms with Gasteiger partial charge < -0.3 is 11.1 Å². The highest BCUT2D eigenvalue weighted by Gasteiger charge is 2.19. The molecule has 0 saturated heterocycles. The van der Waals surface area contributed by atoms with Crippen LogP contribution < -0.4 is 11.1 Å². The third-order valence-corrected chi connectivity index (χ3v) is 2.94. The molecule has 2 atom stereocenters. The molecule has 0 bridgehead atoms. The van der Waals surface area contributed by atoms with E-state index in [2.05, 4.69) is 5.32 Å². The molecule has 3 N–H and O–H groups in total. The number of hydrogen-bond acceptors (Lipinski definition) is 2. The van der Waals surface area contributed by atoms with E-state index in [0.29, 0.717) is 6.42 Å². The van der Waals surface area contributed by atoms with Crippen LogP contribution in [0.4, 0.5) is 8.78 Å². The van der Waals surface area contributed by atoms with Crippen molar-refractivity contribution in [3.8, 4) is 0 Å². The van der Waals surface area contributed by atoms with E-state index in [0.717, 1.165) is 6.07 Å². The minimum atomic E-state index is -0.663. The molecular formula is C13H18F2N2O. The third kappa shape index (κ3) is 3.50. The van der Waals surface area contributed by atoms with Crippen molar-refractivity contribution in [1.82, 2.24) is 5.32 Å². The highest BCUT2D eigenvalue weighted by Crippen LogP contribution is 2.18. The number of halogens is 2. The van der Waals surface area contributed by atoms with Crippen LogP contribution in [0.5, 0.6) is 0 Å². The average molecular weight is 256 g/mol. The Labute approximate surface area is 105 Å². The van der Waals surface area contributed by atoms with Crippen molar-refractivity contribution < 1.29 is 13.6 Å². The molecule has 0 aromatic heterocycles. The molecule has 3 nitrogen and oxygen atoms in total. The molecule has 1 amide bonds. The molecule has 0 spiro atoms. The van der Waals surface area contributed by atoms with Gasteiger partial charge in [0.1, 0.15) is 11.6 Å². The standard InChI is InChI=1S/C13H18F2N2O/c1-3-9(7-16)13(18)17-8(2)11-5-4-10(14)6-12(11)15/h4-6,8-9H,3,7,16H2,1-2H3,(H,17,18). The first-order valence-electron chi connectivity index (χ1n) is 5.95. The quantitative estimate of drug-likeness (QED) is 0.848. The SMILES string of the molecule is CCC(CN)C(=O)NC(C)c1ccc(F)cc1F. The average Bonchev–Trinajstić information content (AvgIpc) is 2.30. The number of nitrogens with two attached hydrogens (primary N) is 1. The highest BCUT2D eigenvalue weighted by atomic mass is 19.1. The van der Waals surface area contributed by atoms with Gasteiger partial charge in [-0.25, -0.2) is 8.78 Å². The predicted molar refractivity (Wildman–Crippen MR) is 65.8 cm³/mol. The lowest BCUT2D eigenvalue weighted by Gasteiger charge is -2.19. The molecule has 0 saturated carbocycles. The fourth-order valence-electron chi connectivity index (χ4n) is 1.72. The van der Waals surface area contributed by atoms with Crippen molar-refractivity contribution in [2.75, 3.05) is 6.54 Å². The van der Waals surface area contributed by atoms with Crippen LogP contribution in [0.25, 0.3) is 0 Å². The van der Waals surface area contributed by atoms with Crippen molar-refractivity contribution in [2.24, 2.45) is 11.7 Å². The van der Waals surface area contributed by atoms with Gasteiger partial charge in [0.25, 0.3) is 0 Å². The first-order valence-corrected chi connectivity index (χ1v) is 5.95. The van der Waals surface area contributed by atoms with E-state index in [1.165, 1.54) is 12.1 Å². The zero-order valence-electron chi connectivity index (χ0n) is 10.5. The largest absolute Gasteiger partial charge is 0.349 e. The zero-order chi connectivity index (χ0) is 13.7. The van der Waals surface area contributed by atoms with Crippen LogP contribution in [-0.2, 0) is 4.79 Å². The van der Waals surface area contributed by atoms with E-state index < -0.39 is 17.7 Å². The van der Waals surface area contributed by atoms with E-state index >= 15 is 0 Å². The summed E-state index contributed by atoms with van der Waals surface area (Å²) < 4.78 is 26.3. The molecule has 0 aliphatic carbocycles. The number of hydrogen-bond donors (Lipinski definition) is 2. The van der Waals surface area contributed by atoms with Crippen molar-refractivity contribution in [1.29, 1.82) is 0 Å². The number of benzene rings is 1. The molecule has 1 rings (SSSR count). The molecule has 2 unspecified atom stereocenters. The van der Waals surface area contributed by atoms with Gasteiger partial charge in [0.15, 0.2) is 0 Å². The van der Waals surface area contributed by atoms with Crippen LogP contribution in [0.1, 0.15) is 31.9 Å². The fraction of sp³-hybridized carbons (Fsp3) is 0.462. The summed E-state index contributed by atoms with van der Waals surface area (Å²) in [4.78, 5) is 11.8. The van der Waals surface area contributed by atoms with Gasteiger partial charge in [-0.05, 0) is 19.4 Å². The number of amides is 1. The molecule has 5 heteroatoms. The van der Waals surface area contributed by atoms with E-state index in [-0.39, 0.29) is 23.9 Å².